The van der Waals surface area contributed by atoms with E-state index in [4.69, 9.17) is 0 Å². The van der Waals surface area contributed by atoms with Crippen molar-refractivity contribution >= 4 is 0 Å². The molecule has 1 rings (SSSR count). The molecular weight excluding hydrogens is 282 g/mol. The van der Waals surface area contributed by atoms with E-state index in [1.165, 1.54) is 6.42 Å². The van der Waals surface area contributed by atoms with Gasteiger partial charge in [-0.2, -0.15) is 6.54 Å². The monoisotopic (exact) mass is 296 g/mol. The van der Waals surface area contributed by atoms with Gasteiger partial charge in [0.15, 0.2) is 0 Å². The molecule has 0 aliphatic carbocycles. The van der Waals surface area contributed by atoms with Gasteiger partial charge in [0.05, 0.1) is 0 Å². The normalized spacial score (nSPS) is 26.3. The van der Waals surface area contributed by atoms with Crippen LogP contribution in [0.5, 0.6) is 0 Å². The number of rotatable bonds is 0. The molecule has 0 aromatic carbocycles. The van der Waals surface area contributed by atoms with Gasteiger partial charge in [-0.3, -0.25) is 0 Å². The van der Waals surface area contributed by atoms with Crippen LogP contribution in [-0.2, 0) is 21.1 Å². The first-order chi connectivity index (χ1) is 3.61. The zero-order valence-electron chi connectivity index (χ0n) is 6.35. The molecule has 1 nitrogen and oxygen atoms in total. The van der Waals surface area contributed by atoms with Gasteiger partial charge in [0.1, 0.15) is 0 Å². The summed E-state index contributed by atoms with van der Waals surface area (Å²) in [6, 6.07) is 0.655. The van der Waals surface area contributed by atoms with Crippen LogP contribution in [0.3, 0.4) is 0 Å². The van der Waals surface area contributed by atoms with Crippen molar-refractivity contribution in [1.82, 2.24) is 0 Å². The molecule has 0 bridgehead atoms. The van der Waals surface area contributed by atoms with Gasteiger partial charge in [0.2, 0.25) is 0 Å². The molecular formula is C7H14NW-. The molecule has 0 amide bonds. The van der Waals surface area contributed by atoms with Gasteiger partial charge in [-0.05, 0) is 0 Å². The van der Waals surface area contributed by atoms with Gasteiger partial charge >= 0.3 is 0 Å². The molecule has 0 spiro atoms. The molecule has 1 aliphatic rings. The Morgan fingerprint density at radius 1 is 1.33 bits per heavy atom. The van der Waals surface area contributed by atoms with Crippen LogP contribution in [0.15, 0.2) is 0 Å². The first kappa shape index (κ1) is 9.65. The standard InChI is InChI=1S/C7H14N.W/c1-7(2,3)6-4-5-8-6;/h6H,4-5H2,1-3H3;/q-1;. The third-order valence-electron chi connectivity index (χ3n) is 1.75. The van der Waals surface area contributed by atoms with Gasteiger partial charge in [0, 0.05) is 21.1 Å². The van der Waals surface area contributed by atoms with E-state index in [1.807, 2.05) is 0 Å². The summed E-state index contributed by atoms with van der Waals surface area (Å²) in [4.78, 5) is 0. The van der Waals surface area contributed by atoms with E-state index in [1.54, 1.807) is 0 Å². The summed E-state index contributed by atoms with van der Waals surface area (Å²) in [5, 5.41) is 4.34. The van der Waals surface area contributed by atoms with Crippen molar-refractivity contribution in [1.29, 1.82) is 0 Å². The van der Waals surface area contributed by atoms with Crippen molar-refractivity contribution in [2.24, 2.45) is 5.41 Å². The Morgan fingerprint density at radius 2 is 1.78 bits per heavy atom. The summed E-state index contributed by atoms with van der Waals surface area (Å²) in [5.74, 6) is 0. The molecule has 2 heteroatoms. The quantitative estimate of drug-likeness (QED) is 0.650. The van der Waals surface area contributed by atoms with Crippen LogP contribution < -0.4 is 0 Å². The van der Waals surface area contributed by atoms with Crippen LogP contribution in [0.1, 0.15) is 27.2 Å². The Labute approximate surface area is 71.9 Å². The molecule has 1 atom stereocenters. The Hall–Kier alpha value is 0.648. The Balaban J connectivity index is 0.000000640. The molecule has 1 fully saturated rings. The minimum atomic E-state index is 0. The molecule has 9 heavy (non-hydrogen) atoms. The molecule has 1 unspecified atom stereocenters. The molecule has 1 heterocycles. The van der Waals surface area contributed by atoms with Gasteiger partial charge in [-0.1, -0.05) is 32.6 Å². The first-order valence-electron chi connectivity index (χ1n) is 3.27. The van der Waals surface area contributed by atoms with E-state index < -0.39 is 0 Å². The molecule has 0 aromatic rings. The number of hydrogen-bond donors (Lipinski definition) is 0. The van der Waals surface area contributed by atoms with E-state index in [9.17, 15) is 0 Å². The van der Waals surface area contributed by atoms with E-state index in [0.29, 0.717) is 11.5 Å². The van der Waals surface area contributed by atoms with Crippen molar-refractivity contribution in [3.63, 3.8) is 0 Å². The summed E-state index contributed by atoms with van der Waals surface area (Å²) in [7, 11) is 0. The van der Waals surface area contributed by atoms with Crippen LogP contribution >= 0.6 is 0 Å². The maximum Gasteiger partial charge on any atom is 0 e. The molecule has 0 N–H and O–H groups in total. The fourth-order valence-corrected chi connectivity index (χ4v) is 0.965. The second kappa shape index (κ2) is 3.16. The van der Waals surface area contributed by atoms with E-state index in [2.05, 4.69) is 26.1 Å². The van der Waals surface area contributed by atoms with E-state index in [0.717, 1.165) is 6.54 Å². The van der Waals surface area contributed by atoms with Crippen molar-refractivity contribution in [3.8, 4) is 0 Å². The fourth-order valence-electron chi connectivity index (χ4n) is 0.965. The molecule has 54 valence electrons. The summed E-state index contributed by atoms with van der Waals surface area (Å²) >= 11 is 0. The maximum absolute atomic E-state index is 4.34. The SMILES string of the molecule is CC(C)(C)C1CC[N-]1.[W]. The zero-order valence-corrected chi connectivity index (χ0v) is 9.28. The molecule has 1 aliphatic heterocycles. The minimum absolute atomic E-state index is 0. The summed E-state index contributed by atoms with van der Waals surface area (Å²) < 4.78 is 0. The van der Waals surface area contributed by atoms with Crippen molar-refractivity contribution in [3.05, 3.63) is 5.32 Å². The van der Waals surface area contributed by atoms with Crippen LogP contribution in [0.4, 0.5) is 0 Å². The van der Waals surface area contributed by atoms with E-state index >= 15 is 0 Å². The number of nitrogens with zero attached hydrogens (tertiary/aromatic N) is 1. The minimum Gasteiger partial charge on any atom is -0.659 e. The molecule has 0 saturated carbocycles. The Bertz CT molecular complexity index is 81.4. The van der Waals surface area contributed by atoms with Gasteiger partial charge in [0.25, 0.3) is 0 Å². The molecule has 1 saturated heterocycles. The zero-order chi connectivity index (χ0) is 6.20. The average molecular weight is 296 g/mol. The first-order valence-corrected chi connectivity index (χ1v) is 3.27. The van der Waals surface area contributed by atoms with Crippen molar-refractivity contribution in [2.75, 3.05) is 6.54 Å². The largest absolute Gasteiger partial charge is 0.659 e. The maximum atomic E-state index is 4.34. The second-order valence-corrected chi connectivity index (χ2v) is 3.58. The van der Waals surface area contributed by atoms with E-state index in [-0.39, 0.29) is 21.1 Å². The van der Waals surface area contributed by atoms with Gasteiger partial charge in [-0.25, -0.2) is 0 Å². The van der Waals surface area contributed by atoms with Crippen molar-refractivity contribution in [2.45, 2.75) is 33.2 Å². The average Bonchev–Trinajstić information content (AvgIpc) is 1.16. The summed E-state index contributed by atoms with van der Waals surface area (Å²) in [5.41, 5.74) is 0.429. The predicted molar refractivity (Wildman–Crippen MR) is 36.1 cm³/mol. The fraction of sp³-hybridized carbons (Fsp3) is 1.00. The summed E-state index contributed by atoms with van der Waals surface area (Å²) in [6.07, 6.45) is 1.31. The van der Waals surface area contributed by atoms with Crippen LogP contribution in [0.2, 0.25) is 0 Å². The van der Waals surface area contributed by atoms with Crippen molar-refractivity contribution < 1.29 is 21.1 Å². The molecule has 0 radical (unpaired) electrons. The smallest absolute Gasteiger partial charge is 0 e. The van der Waals surface area contributed by atoms with Crippen LogP contribution in [0.25, 0.3) is 5.32 Å². The van der Waals surface area contributed by atoms with Crippen LogP contribution in [-0.4, -0.2) is 12.6 Å². The Morgan fingerprint density at radius 3 is 1.78 bits per heavy atom. The number of hydrogen-bond acceptors (Lipinski definition) is 0. The molecule has 0 aromatic heterocycles. The van der Waals surface area contributed by atoms with Crippen LogP contribution in [0, 0.1) is 5.41 Å². The second-order valence-electron chi connectivity index (χ2n) is 3.58. The third-order valence-corrected chi connectivity index (χ3v) is 1.75. The topological polar surface area (TPSA) is 14.1 Å². The van der Waals surface area contributed by atoms with Gasteiger partial charge in [-0.15, -0.1) is 6.04 Å². The predicted octanol–water partition coefficient (Wildman–Crippen LogP) is 2.18. The third kappa shape index (κ3) is 2.39. The van der Waals surface area contributed by atoms with Gasteiger partial charge < -0.3 is 5.32 Å². The Kier molecular flexibility index (Phi) is 3.39. The summed E-state index contributed by atoms with van der Waals surface area (Å²) in [6.45, 7) is 7.85.